The average Bonchev–Trinajstić information content (AvgIpc) is 2.86. The lowest BCUT2D eigenvalue weighted by Crippen LogP contribution is -2.37. The first-order valence-corrected chi connectivity index (χ1v) is 11.9. The zero-order chi connectivity index (χ0) is 27.0. The van der Waals surface area contributed by atoms with Crippen molar-refractivity contribution in [1.29, 1.82) is 5.41 Å². The Morgan fingerprint density at radius 3 is 2.36 bits per heavy atom. The summed E-state index contributed by atoms with van der Waals surface area (Å²) in [5, 5.41) is 10.6. The summed E-state index contributed by atoms with van der Waals surface area (Å²) < 4.78 is 16.1. The fraction of sp³-hybridized carbons (Fsp3) is 0.429. The predicted octanol–water partition coefficient (Wildman–Crippen LogP) is 4.75. The van der Waals surface area contributed by atoms with Crippen molar-refractivity contribution in [2.75, 3.05) is 38.1 Å². The minimum absolute atomic E-state index is 0.270. The minimum atomic E-state index is -1.02. The van der Waals surface area contributed by atoms with Crippen LogP contribution in [0.25, 0.3) is 0 Å². The number of carbonyl (C=O) groups is 1. The van der Waals surface area contributed by atoms with E-state index in [1.54, 1.807) is 32.0 Å². The highest BCUT2D eigenvalue weighted by Gasteiger charge is 2.42. The van der Waals surface area contributed by atoms with Crippen molar-refractivity contribution in [3.63, 3.8) is 0 Å². The molecule has 0 spiro atoms. The van der Waals surface area contributed by atoms with Crippen molar-refractivity contribution < 1.29 is 19.0 Å². The number of esters is 1. The molecule has 0 bridgehead atoms. The van der Waals surface area contributed by atoms with E-state index in [9.17, 15) is 4.79 Å². The summed E-state index contributed by atoms with van der Waals surface area (Å²) in [4.78, 5) is 12.8. The van der Waals surface area contributed by atoms with Gasteiger partial charge in [-0.05, 0) is 81.2 Å². The summed E-state index contributed by atoms with van der Waals surface area (Å²) in [6.45, 7) is 10.7. The van der Waals surface area contributed by atoms with E-state index in [0.29, 0.717) is 31.1 Å². The molecular weight excluding hydrogens is 456 g/mol. The molecule has 0 amide bonds. The van der Waals surface area contributed by atoms with Gasteiger partial charge in [-0.3, -0.25) is 4.79 Å². The van der Waals surface area contributed by atoms with Crippen LogP contribution in [-0.2, 0) is 20.9 Å². The summed E-state index contributed by atoms with van der Waals surface area (Å²) in [6.07, 6.45) is 1.76. The summed E-state index contributed by atoms with van der Waals surface area (Å²) in [5.41, 5.74) is 10.4. The number of hydrogen-bond acceptors (Lipinski definition) is 8. The van der Waals surface area contributed by atoms with Crippen LogP contribution in [0.2, 0.25) is 0 Å². The van der Waals surface area contributed by atoms with E-state index < -0.39 is 17.3 Å². The smallest absolute Gasteiger partial charge is 0.312 e. The number of nitrogens with zero attached hydrogens (tertiary/aromatic N) is 1. The second-order valence-electron chi connectivity index (χ2n) is 9.43. The Kier molecular flexibility index (Phi) is 10.1. The molecule has 5 N–H and O–H groups in total. The fourth-order valence-corrected chi connectivity index (χ4v) is 4.23. The zero-order valence-corrected chi connectivity index (χ0v) is 22.5. The van der Waals surface area contributed by atoms with Crippen LogP contribution in [0.5, 0.6) is 5.75 Å². The molecule has 0 saturated heterocycles. The standard InChI is InChI=1S/C28H40N4O4/c1-8-32(31)24-14-13-22(19(3)26(24)30)25(28(4,5)27(33)35-7)23(29)15-18(2)16-36-17-20-9-11-21(34-6)12-10-20/h9-15,25,29H,8,16-17,30-31H2,1-7H3/b18-15+,29-23?. The van der Waals surface area contributed by atoms with Gasteiger partial charge in [-0.2, -0.15) is 0 Å². The van der Waals surface area contributed by atoms with E-state index in [4.69, 9.17) is 31.2 Å². The molecule has 2 aromatic carbocycles. The molecule has 0 aliphatic rings. The molecule has 8 nitrogen and oxygen atoms in total. The zero-order valence-electron chi connectivity index (χ0n) is 22.5. The van der Waals surface area contributed by atoms with Crippen molar-refractivity contribution in [3.05, 3.63) is 64.7 Å². The van der Waals surface area contributed by atoms with Crippen LogP contribution >= 0.6 is 0 Å². The lowest BCUT2D eigenvalue weighted by molar-refractivity contribution is -0.151. The molecule has 1 atom stereocenters. The Morgan fingerprint density at radius 1 is 1.17 bits per heavy atom. The molecular formula is C28H40N4O4. The second-order valence-corrected chi connectivity index (χ2v) is 9.43. The number of hydrogen-bond donors (Lipinski definition) is 3. The normalized spacial score (nSPS) is 12.7. The van der Waals surface area contributed by atoms with Crippen molar-refractivity contribution in [2.24, 2.45) is 11.3 Å². The van der Waals surface area contributed by atoms with Gasteiger partial charge in [-0.25, -0.2) is 5.84 Å². The molecule has 0 radical (unpaired) electrons. The third-order valence-electron chi connectivity index (χ3n) is 6.40. The van der Waals surface area contributed by atoms with Crippen LogP contribution in [0.4, 0.5) is 11.4 Å². The van der Waals surface area contributed by atoms with Crippen molar-refractivity contribution in [3.8, 4) is 5.75 Å². The first-order valence-electron chi connectivity index (χ1n) is 11.9. The van der Waals surface area contributed by atoms with Gasteiger partial charge in [0.2, 0.25) is 0 Å². The molecule has 0 fully saturated rings. The molecule has 0 saturated carbocycles. The molecule has 0 heterocycles. The Bertz CT molecular complexity index is 1090. The topological polar surface area (TPSA) is 124 Å². The Balaban J connectivity index is 2.32. The van der Waals surface area contributed by atoms with Crippen LogP contribution in [0, 0.1) is 17.7 Å². The van der Waals surface area contributed by atoms with E-state index in [-0.39, 0.29) is 5.71 Å². The van der Waals surface area contributed by atoms with Gasteiger partial charge in [0.25, 0.3) is 0 Å². The van der Waals surface area contributed by atoms with E-state index >= 15 is 0 Å². The number of nitrogens with two attached hydrogens (primary N) is 2. The highest BCUT2D eigenvalue weighted by molar-refractivity contribution is 6.02. The van der Waals surface area contributed by atoms with Crippen molar-refractivity contribution >= 4 is 23.1 Å². The number of allylic oxidation sites excluding steroid dienone is 1. The van der Waals surface area contributed by atoms with Gasteiger partial charge in [0.1, 0.15) is 5.75 Å². The Morgan fingerprint density at radius 2 is 1.81 bits per heavy atom. The predicted molar refractivity (Wildman–Crippen MR) is 145 cm³/mol. The second kappa shape index (κ2) is 12.6. The van der Waals surface area contributed by atoms with Crippen molar-refractivity contribution in [2.45, 2.75) is 47.1 Å². The maximum atomic E-state index is 12.8. The summed E-state index contributed by atoms with van der Waals surface area (Å²) >= 11 is 0. The van der Waals surface area contributed by atoms with Crippen LogP contribution < -0.4 is 21.3 Å². The molecule has 36 heavy (non-hydrogen) atoms. The molecule has 2 rings (SSSR count). The fourth-order valence-electron chi connectivity index (χ4n) is 4.23. The van der Waals surface area contributed by atoms with Gasteiger partial charge >= 0.3 is 5.97 Å². The number of nitrogens with one attached hydrogen (secondary N) is 1. The molecule has 0 aromatic heterocycles. The molecule has 1 unspecified atom stereocenters. The van der Waals surface area contributed by atoms with E-state index in [2.05, 4.69) is 0 Å². The minimum Gasteiger partial charge on any atom is -0.497 e. The van der Waals surface area contributed by atoms with Crippen LogP contribution in [0.3, 0.4) is 0 Å². The number of rotatable bonds is 12. The van der Waals surface area contributed by atoms with E-state index in [1.165, 1.54) is 7.11 Å². The molecule has 0 aliphatic carbocycles. The van der Waals surface area contributed by atoms with Gasteiger partial charge in [-0.1, -0.05) is 18.2 Å². The summed E-state index contributed by atoms with van der Waals surface area (Å²) in [5.74, 6) is 5.87. The number of nitrogen functional groups attached to an aromatic ring is 1. The van der Waals surface area contributed by atoms with Gasteiger partial charge in [0.15, 0.2) is 0 Å². The number of anilines is 2. The van der Waals surface area contributed by atoms with E-state index in [1.807, 2.05) is 57.2 Å². The first kappa shape index (κ1) is 28.9. The van der Waals surface area contributed by atoms with Crippen LogP contribution in [-0.4, -0.2) is 39.1 Å². The first-order chi connectivity index (χ1) is 17.0. The van der Waals surface area contributed by atoms with Gasteiger partial charge in [0.05, 0.1) is 44.2 Å². The third-order valence-corrected chi connectivity index (χ3v) is 6.40. The van der Waals surface area contributed by atoms with Gasteiger partial charge in [-0.15, -0.1) is 0 Å². The number of benzene rings is 2. The van der Waals surface area contributed by atoms with Gasteiger partial charge < -0.3 is 30.4 Å². The van der Waals surface area contributed by atoms with E-state index in [0.717, 1.165) is 28.0 Å². The number of hydrazine groups is 1. The molecule has 2 aromatic rings. The number of ether oxygens (including phenoxy) is 3. The highest BCUT2D eigenvalue weighted by Crippen LogP contribution is 2.42. The highest BCUT2D eigenvalue weighted by atomic mass is 16.5. The van der Waals surface area contributed by atoms with Crippen molar-refractivity contribution in [1.82, 2.24) is 0 Å². The van der Waals surface area contributed by atoms with Crippen LogP contribution in [0.15, 0.2) is 48.0 Å². The maximum Gasteiger partial charge on any atom is 0.312 e. The molecule has 196 valence electrons. The lowest BCUT2D eigenvalue weighted by atomic mass is 9.70. The molecule has 8 heteroatoms. The molecule has 0 aliphatic heterocycles. The van der Waals surface area contributed by atoms with Crippen LogP contribution in [0.1, 0.15) is 50.3 Å². The SMILES string of the molecule is CCN(N)c1ccc(C(C(=N)/C=C(\C)COCc2ccc(OC)cc2)C(C)(C)C(=O)OC)c(C)c1N. The largest absolute Gasteiger partial charge is 0.497 e. The monoisotopic (exact) mass is 496 g/mol. The Hall–Kier alpha value is -3.36. The Labute approximate surface area is 214 Å². The quantitative estimate of drug-likeness (QED) is 0.127. The average molecular weight is 497 g/mol. The number of carbonyl (C=O) groups excluding carboxylic acids is 1. The number of methoxy groups -OCH3 is 2. The summed E-state index contributed by atoms with van der Waals surface area (Å²) in [7, 11) is 2.99. The third kappa shape index (κ3) is 6.65. The maximum absolute atomic E-state index is 12.8. The van der Waals surface area contributed by atoms with Gasteiger partial charge in [0, 0.05) is 18.2 Å². The lowest BCUT2D eigenvalue weighted by Gasteiger charge is -2.34. The summed E-state index contributed by atoms with van der Waals surface area (Å²) in [6, 6.07) is 11.4.